The molecule has 0 aromatic carbocycles. The van der Waals surface area contributed by atoms with Gasteiger partial charge in [0.1, 0.15) is 0 Å². The Labute approximate surface area is 101 Å². The van der Waals surface area contributed by atoms with Gasteiger partial charge < -0.3 is 0 Å². The first-order chi connectivity index (χ1) is 6.84. The molecule has 0 heterocycles. The zero-order valence-corrected chi connectivity index (χ0v) is 11.8. The minimum absolute atomic E-state index is 0.370. The fourth-order valence-corrected chi connectivity index (χ4v) is 3.41. The maximum absolute atomic E-state index is 6.60. The summed E-state index contributed by atoms with van der Waals surface area (Å²) in [7, 11) is 0. The van der Waals surface area contributed by atoms with Gasteiger partial charge >= 0.3 is 0 Å². The highest BCUT2D eigenvalue weighted by Crippen LogP contribution is 2.45. The first-order valence-electron chi connectivity index (χ1n) is 6.48. The molecule has 1 heteroatoms. The topological polar surface area (TPSA) is 0 Å². The SMILES string of the molecule is CC(C)C(Cl)C1CCCCC1C(C)(C)C. The predicted molar refractivity (Wildman–Crippen MR) is 69.4 cm³/mol. The molecule has 0 saturated heterocycles. The third-order valence-corrected chi connectivity index (χ3v) is 4.81. The fourth-order valence-electron chi connectivity index (χ4n) is 3.11. The molecular formula is C14H27Cl. The Morgan fingerprint density at radius 2 is 1.60 bits per heavy atom. The largest absolute Gasteiger partial charge is 0.122 e. The summed E-state index contributed by atoms with van der Waals surface area (Å²) >= 11 is 6.60. The number of alkyl halides is 1. The molecule has 0 spiro atoms. The van der Waals surface area contributed by atoms with Gasteiger partial charge in [-0.15, -0.1) is 11.6 Å². The Morgan fingerprint density at radius 1 is 1.07 bits per heavy atom. The molecule has 0 amide bonds. The Hall–Kier alpha value is 0.290. The summed E-state index contributed by atoms with van der Waals surface area (Å²) in [6.07, 6.45) is 5.51. The van der Waals surface area contributed by atoms with Crippen LogP contribution in [-0.2, 0) is 0 Å². The molecular weight excluding hydrogens is 204 g/mol. The van der Waals surface area contributed by atoms with Crippen molar-refractivity contribution in [3.8, 4) is 0 Å². The molecule has 15 heavy (non-hydrogen) atoms. The first-order valence-corrected chi connectivity index (χ1v) is 6.91. The van der Waals surface area contributed by atoms with Crippen molar-refractivity contribution in [2.24, 2.45) is 23.2 Å². The molecule has 0 aromatic heterocycles. The molecule has 0 aromatic rings. The van der Waals surface area contributed by atoms with Gasteiger partial charge in [-0.25, -0.2) is 0 Å². The smallest absolute Gasteiger partial charge is 0.0390 e. The number of rotatable bonds is 2. The summed E-state index contributed by atoms with van der Waals surface area (Å²) in [5.41, 5.74) is 0.424. The van der Waals surface area contributed by atoms with Crippen molar-refractivity contribution in [1.29, 1.82) is 0 Å². The average molecular weight is 231 g/mol. The van der Waals surface area contributed by atoms with E-state index in [1.165, 1.54) is 25.7 Å². The molecule has 3 unspecified atom stereocenters. The normalized spacial score (nSPS) is 30.6. The van der Waals surface area contributed by atoms with E-state index < -0.39 is 0 Å². The Balaban J connectivity index is 2.74. The zero-order chi connectivity index (χ0) is 11.6. The number of hydrogen-bond donors (Lipinski definition) is 0. The van der Waals surface area contributed by atoms with Crippen LogP contribution >= 0.6 is 11.6 Å². The van der Waals surface area contributed by atoms with Gasteiger partial charge in [0, 0.05) is 5.38 Å². The summed E-state index contributed by atoms with van der Waals surface area (Å²) < 4.78 is 0. The van der Waals surface area contributed by atoms with Gasteiger partial charge in [-0.05, 0) is 36.0 Å². The van der Waals surface area contributed by atoms with Gasteiger partial charge in [-0.3, -0.25) is 0 Å². The standard InChI is InChI=1S/C14H27Cl/c1-10(2)13(15)11-8-6-7-9-12(11)14(3,4)5/h10-13H,6-9H2,1-5H3. The van der Waals surface area contributed by atoms with Crippen LogP contribution in [0.4, 0.5) is 0 Å². The summed E-state index contributed by atoms with van der Waals surface area (Å²) in [4.78, 5) is 0. The van der Waals surface area contributed by atoms with Gasteiger partial charge in [0.05, 0.1) is 0 Å². The Bertz CT molecular complexity index is 190. The molecule has 1 rings (SSSR count). The lowest BCUT2D eigenvalue weighted by Crippen LogP contribution is -2.37. The van der Waals surface area contributed by atoms with E-state index in [1.54, 1.807) is 0 Å². The lowest BCUT2D eigenvalue weighted by atomic mass is 9.64. The van der Waals surface area contributed by atoms with E-state index in [-0.39, 0.29) is 0 Å². The average Bonchev–Trinajstić information content (AvgIpc) is 2.15. The quantitative estimate of drug-likeness (QED) is 0.579. The first kappa shape index (κ1) is 13.4. The third kappa shape index (κ3) is 3.37. The predicted octanol–water partition coefficient (Wildman–Crippen LogP) is 5.10. The zero-order valence-electron chi connectivity index (χ0n) is 11.0. The molecule has 0 N–H and O–H groups in total. The number of hydrogen-bond acceptors (Lipinski definition) is 0. The van der Waals surface area contributed by atoms with E-state index in [0.29, 0.717) is 16.7 Å². The van der Waals surface area contributed by atoms with E-state index in [1.807, 2.05) is 0 Å². The Morgan fingerprint density at radius 3 is 2.07 bits per heavy atom. The van der Waals surface area contributed by atoms with E-state index >= 15 is 0 Å². The minimum Gasteiger partial charge on any atom is -0.122 e. The summed E-state index contributed by atoms with van der Waals surface area (Å²) in [6, 6.07) is 0. The molecule has 1 aliphatic rings. The van der Waals surface area contributed by atoms with E-state index in [2.05, 4.69) is 34.6 Å². The van der Waals surface area contributed by atoms with Gasteiger partial charge in [0.2, 0.25) is 0 Å². The van der Waals surface area contributed by atoms with Gasteiger partial charge in [0.25, 0.3) is 0 Å². The molecule has 1 aliphatic carbocycles. The maximum Gasteiger partial charge on any atom is 0.0390 e. The van der Waals surface area contributed by atoms with Crippen LogP contribution in [0.15, 0.2) is 0 Å². The lowest BCUT2D eigenvalue weighted by Gasteiger charge is -2.43. The third-order valence-electron chi connectivity index (χ3n) is 3.98. The van der Waals surface area contributed by atoms with Crippen LogP contribution in [-0.4, -0.2) is 5.38 Å². The lowest BCUT2D eigenvalue weighted by molar-refractivity contribution is 0.0957. The fraction of sp³-hybridized carbons (Fsp3) is 1.00. The van der Waals surface area contributed by atoms with E-state index in [9.17, 15) is 0 Å². The van der Waals surface area contributed by atoms with Crippen molar-refractivity contribution < 1.29 is 0 Å². The second kappa shape index (κ2) is 5.08. The van der Waals surface area contributed by atoms with Crippen molar-refractivity contribution in [3.05, 3.63) is 0 Å². The minimum atomic E-state index is 0.370. The van der Waals surface area contributed by atoms with Crippen LogP contribution in [0.5, 0.6) is 0 Å². The highest BCUT2D eigenvalue weighted by Gasteiger charge is 2.38. The van der Waals surface area contributed by atoms with Gasteiger partial charge in [-0.1, -0.05) is 47.5 Å². The monoisotopic (exact) mass is 230 g/mol. The molecule has 0 nitrogen and oxygen atoms in total. The van der Waals surface area contributed by atoms with Crippen molar-refractivity contribution in [2.45, 2.75) is 65.7 Å². The Kier molecular flexibility index (Phi) is 4.52. The van der Waals surface area contributed by atoms with Crippen molar-refractivity contribution >= 4 is 11.6 Å². The van der Waals surface area contributed by atoms with E-state index in [0.717, 1.165) is 11.8 Å². The second-order valence-corrected chi connectivity index (χ2v) is 7.11. The second-order valence-electron chi connectivity index (χ2n) is 6.61. The molecule has 90 valence electrons. The van der Waals surface area contributed by atoms with Crippen molar-refractivity contribution in [1.82, 2.24) is 0 Å². The van der Waals surface area contributed by atoms with Crippen molar-refractivity contribution in [2.75, 3.05) is 0 Å². The van der Waals surface area contributed by atoms with Crippen LogP contribution < -0.4 is 0 Å². The highest BCUT2D eigenvalue weighted by atomic mass is 35.5. The van der Waals surface area contributed by atoms with Gasteiger partial charge in [0.15, 0.2) is 0 Å². The molecule has 1 fully saturated rings. The molecule has 1 saturated carbocycles. The van der Waals surface area contributed by atoms with Crippen LogP contribution in [0, 0.1) is 23.2 Å². The van der Waals surface area contributed by atoms with Crippen LogP contribution in [0.25, 0.3) is 0 Å². The summed E-state index contributed by atoms with van der Waals surface area (Å²) in [6.45, 7) is 11.6. The van der Waals surface area contributed by atoms with Crippen LogP contribution in [0.1, 0.15) is 60.3 Å². The van der Waals surface area contributed by atoms with Crippen LogP contribution in [0.2, 0.25) is 0 Å². The molecule has 3 atom stereocenters. The summed E-state index contributed by atoms with van der Waals surface area (Å²) in [5.74, 6) is 2.16. The number of halogens is 1. The highest BCUT2D eigenvalue weighted by molar-refractivity contribution is 6.21. The van der Waals surface area contributed by atoms with Crippen molar-refractivity contribution in [3.63, 3.8) is 0 Å². The van der Waals surface area contributed by atoms with Gasteiger partial charge in [-0.2, -0.15) is 0 Å². The van der Waals surface area contributed by atoms with Crippen LogP contribution in [0.3, 0.4) is 0 Å². The molecule has 0 bridgehead atoms. The summed E-state index contributed by atoms with van der Waals surface area (Å²) in [5, 5.41) is 0.370. The maximum atomic E-state index is 6.60. The molecule has 0 aliphatic heterocycles. The molecule has 0 radical (unpaired) electrons. The van der Waals surface area contributed by atoms with E-state index in [4.69, 9.17) is 11.6 Å².